The molecule has 0 aliphatic rings. The van der Waals surface area contributed by atoms with E-state index in [1.54, 1.807) is 0 Å². The maximum Gasteiger partial charge on any atom is 0.226 e. The second kappa shape index (κ2) is 9.55. The summed E-state index contributed by atoms with van der Waals surface area (Å²) in [5.74, 6) is 1.31. The van der Waals surface area contributed by atoms with Gasteiger partial charge in [-0.1, -0.05) is 19.8 Å². The highest BCUT2D eigenvalue weighted by Gasteiger charge is 2.02. The van der Waals surface area contributed by atoms with E-state index in [4.69, 9.17) is 10.5 Å². The van der Waals surface area contributed by atoms with Crippen LogP contribution in [-0.4, -0.2) is 29.7 Å². The molecule has 3 N–H and O–H groups in total. The van der Waals surface area contributed by atoms with Crippen LogP contribution in [0.15, 0.2) is 6.07 Å². The Morgan fingerprint density at radius 3 is 2.74 bits per heavy atom. The molecule has 0 unspecified atom stereocenters. The third-order valence-corrected chi connectivity index (χ3v) is 2.70. The topological polar surface area (TPSA) is 73.1 Å². The number of nitrogens with zero attached hydrogens (tertiary/aromatic N) is 2. The quantitative estimate of drug-likeness (QED) is 0.637. The molecule has 0 atom stereocenters. The fourth-order valence-electron chi connectivity index (χ4n) is 1.72. The Bertz CT molecular complexity index is 357. The maximum absolute atomic E-state index is 5.53. The van der Waals surface area contributed by atoms with E-state index in [0.717, 1.165) is 38.0 Å². The van der Waals surface area contributed by atoms with Crippen LogP contribution in [0, 0.1) is 6.92 Å². The Morgan fingerprint density at radius 1 is 1.21 bits per heavy atom. The summed E-state index contributed by atoms with van der Waals surface area (Å²) in [6.45, 7) is 6.39. The van der Waals surface area contributed by atoms with Crippen molar-refractivity contribution < 1.29 is 4.74 Å². The van der Waals surface area contributed by atoms with Crippen molar-refractivity contribution in [3.63, 3.8) is 0 Å². The van der Waals surface area contributed by atoms with E-state index in [1.165, 1.54) is 12.8 Å². The van der Waals surface area contributed by atoms with Gasteiger partial charge in [-0.25, -0.2) is 4.98 Å². The van der Waals surface area contributed by atoms with E-state index in [2.05, 4.69) is 22.2 Å². The van der Waals surface area contributed by atoms with E-state index in [-0.39, 0.29) is 0 Å². The summed E-state index contributed by atoms with van der Waals surface area (Å²) in [6, 6.07) is 1.86. The Hall–Kier alpha value is -1.36. The zero-order chi connectivity index (χ0) is 13.9. The minimum absolute atomic E-state index is 0.653. The molecule has 1 rings (SSSR count). The highest BCUT2D eigenvalue weighted by Crippen LogP contribution is 2.12. The van der Waals surface area contributed by atoms with Crippen LogP contribution in [0.3, 0.4) is 0 Å². The van der Waals surface area contributed by atoms with Crippen molar-refractivity contribution in [2.45, 2.75) is 46.0 Å². The fraction of sp³-hybridized carbons (Fsp3) is 0.714. The molecular formula is C14H26N4O. The number of nitrogens with one attached hydrogen (secondary N) is 1. The zero-order valence-electron chi connectivity index (χ0n) is 12.1. The van der Waals surface area contributed by atoms with Gasteiger partial charge in [0, 0.05) is 18.3 Å². The second-order valence-electron chi connectivity index (χ2n) is 4.65. The van der Waals surface area contributed by atoms with Crippen LogP contribution in [0.1, 0.15) is 44.7 Å². The Labute approximate surface area is 116 Å². The largest absolute Gasteiger partial charge is 0.478 e. The third kappa shape index (κ3) is 6.96. The molecule has 1 aromatic heterocycles. The van der Waals surface area contributed by atoms with E-state index in [0.29, 0.717) is 18.4 Å². The number of unbranched alkanes of at least 4 members (excludes halogenated alkanes) is 3. The van der Waals surface area contributed by atoms with Gasteiger partial charge >= 0.3 is 0 Å². The summed E-state index contributed by atoms with van der Waals surface area (Å²) in [4.78, 5) is 8.69. The van der Waals surface area contributed by atoms with E-state index in [1.807, 2.05) is 13.0 Å². The first-order valence-corrected chi connectivity index (χ1v) is 7.18. The van der Waals surface area contributed by atoms with Crippen molar-refractivity contribution in [3.05, 3.63) is 11.8 Å². The SMILES string of the molecule is CCCOc1cc(C)nc(NCCCCCCN)n1. The number of hydrogen-bond acceptors (Lipinski definition) is 5. The van der Waals surface area contributed by atoms with Gasteiger partial charge in [-0.05, 0) is 32.7 Å². The third-order valence-electron chi connectivity index (χ3n) is 2.70. The molecule has 5 nitrogen and oxygen atoms in total. The Kier molecular flexibility index (Phi) is 7.89. The summed E-state index contributed by atoms with van der Waals surface area (Å²) in [5.41, 5.74) is 6.38. The molecule has 108 valence electrons. The number of anilines is 1. The summed E-state index contributed by atoms with van der Waals surface area (Å²) in [7, 11) is 0. The van der Waals surface area contributed by atoms with Crippen molar-refractivity contribution in [1.82, 2.24) is 9.97 Å². The van der Waals surface area contributed by atoms with Gasteiger partial charge in [-0.2, -0.15) is 4.98 Å². The van der Waals surface area contributed by atoms with Crippen LogP contribution in [0.5, 0.6) is 5.88 Å². The first kappa shape index (κ1) is 15.7. The predicted octanol–water partition coefficient (Wildman–Crippen LogP) is 2.50. The number of aryl methyl sites for hydroxylation is 1. The smallest absolute Gasteiger partial charge is 0.226 e. The van der Waals surface area contributed by atoms with Gasteiger partial charge in [-0.15, -0.1) is 0 Å². The lowest BCUT2D eigenvalue weighted by Gasteiger charge is -2.08. The van der Waals surface area contributed by atoms with Crippen LogP contribution >= 0.6 is 0 Å². The standard InChI is InChI=1S/C14H26N4O/c1-3-10-19-13-11-12(2)17-14(18-13)16-9-7-5-4-6-8-15/h11H,3-10,15H2,1-2H3,(H,16,17,18). The molecule has 0 fully saturated rings. The van der Waals surface area contributed by atoms with Gasteiger partial charge in [-0.3, -0.25) is 0 Å². The van der Waals surface area contributed by atoms with Gasteiger partial charge in [0.2, 0.25) is 11.8 Å². The van der Waals surface area contributed by atoms with Gasteiger partial charge in [0.15, 0.2) is 0 Å². The van der Waals surface area contributed by atoms with E-state index < -0.39 is 0 Å². The molecule has 1 heterocycles. The van der Waals surface area contributed by atoms with Crippen molar-refractivity contribution in [3.8, 4) is 5.88 Å². The fourth-order valence-corrected chi connectivity index (χ4v) is 1.72. The Morgan fingerprint density at radius 2 is 2.00 bits per heavy atom. The van der Waals surface area contributed by atoms with Gasteiger partial charge in [0.1, 0.15) is 0 Å². The lowest BCUT2D eigenvalue weighted by Crippen LogP contribution is -2.08. The first-order chi connectivity index (χ1) is 9.26. The maximum atomic E-state index is 5.53. The average Bonchev–Trinajstić information content (AvgIpc) is 2.40. The summed E-state index contributed by atoms with van der Waals surface area (Å²) in [6.07, 6.45) is 5.58. The molecule has 1 aromatic rings. The molecule has 0 saturated heterocycles. The number of ether oxygens (including phenoxy) is 1. The number of aromatic nitrogens is 2. The van der Waals surface area contributed by atoms with Crippen LogP contribution in [-0.2, 0) is 0 Å². The van der Waals surface area contributed by atoms with Crippen molar-refractivity contribution in [1.29, 1.82) is 0 Å². The number of hydrogen-bond donors (Lipinski definition) is 2. The van der Waals surface area contributed by atoms with Gasteiger partial charge < -0.3 is 15.8 Å². The highest BCUT2D eigenvalue weighted by molar-refractivity contribution is 5.30. The summed E-state index contributed by atoms with van der Waals surface area (Å²) >= 11 is 0. The second-order valence-corrected chi connectivity index (χ2v) is 4.65. The van der Waals surface area contributed by atoms with E-state index >= 15 is 0 Å². The predicted molar refractivity (Wildman–Crippen MR) is 78.6 cm³/mol. The minimum atomic E-state index is 0.653. The van der Waals surface area contributed by atoms with Crippen molar-refractivity contribution >= 4 is 5.95 Å². The molecular weight excluding hydrogens is 240 g/mol. The molecule has 19 heavy (non-hydrogen) atoms. The molecule has 0 amide bonds. The molecule has 5 heteroatoms. The molecule has 0 saturated carbocycles. The van der Waals surface area contributed by atoms with Gasteiger partial charge in [0.05, 0.1) is 6.61 Å². The van der Waals surface area contributed by atoms with Gasteiger partial charge in [0.25, 0.3) is 0 Å². The minimum Gasteiger partial charge on any atom is -0.478 e. The highest BCUT2D eigenvalue weighted by atomic mass is 16.5. The molecule has 0 aliphatic heterocycles. The van der Waals surface area contributed by atoms with Crippen LogP contribution < -0.4 is 15.8 Å². The van der Waals surface area contributed by atoms with E-state index in [9.17, 15) is 0 Å². The molecule has 0 bridgehead atoms. The normalized spacial score (nSPS) is 10.5. The first-order valence-electron chi connectivity index (χ1n) is 7.18. The monoisotopic (exact) mass is 266 g/mol. The van der Waals surface area contributed by atoms with Crippen LogP contribution in [0.4, 0.5) is 5.95 Å². The van der Waals surface area contributed by atoms with Crippen molar-refractivity contribution in [2.75, 3.05) is 25.0 Å². The zero-order valence-corrected chi connectivity index (χ0v) is 12.1. The van der Waals surface area contributed by atoms with Crippen LogP contribution in [0.2, 0.25) is 0 Å². The Balaban J connectivity index is 2.34. The molecule has 0 aliphatic carbocycles. The molecule has 0 aromatic carbocycles. The summed E-state index contributed by atoms with van der Waals surface area (Å²) in [5, 5.41) is 3.25. The number of nitrogens with two attached hydrogens (primary N) is 1. The average molecular weight is 266 g/mol. The molecule has 0 spiro atoms. The number of rotatable bonds is 10. The van der Waals surface area contributed by atoms with Crippen molar-refractivity contribution in [2.24, 2.45) is 5.73 Å². The lowest BCUT2D eigenvalue weighted by atomic mass is 10.2. The lowest BCUT2D eigenvalue weighted by molar-refractivity contribution is 0.305. The van der Waals surface area contributed by atoms with Crippen LogP contribution in [0.25, 0.3) is 0 Å². The molecule has 0 radical (unpaired) electrons. The summed E-state index contributed by atoms with van der Waals surface area (Å²) < 4.78 is 5.53.